The van der Waals surface area contributed by atoms with E-state index in [4.69, 9.17) is 9.47 Å². The van der Waals surface area contributed by atoms with Gasteiger partial charge in [0.15, 0.2) is 6.61 Å². The summed E-state index contributed by atoms with van der Waals surface area (Å²) in [4.78, 5) is 17.2. The van der Waals surface area contributed by atoms with Crippen molar-refractivity contribution in [3.05, 3.63) is 58.8 Å². The Morgan fingerprint density at radius 1 is 1.13 bits per heavy atom. The second-order valence-corrected chi connectivity index (χ2v) is 8.46. The minimum absolute atomic E-state index is 0.0923. The monoisotopic (exact) mass is 436 g/mol. The van der Waals surface area contributed by atoms with Crippen LogP contribution < -0.4 is 14.8 Å². The molecule has 0 spiro atoms. The Balaban J connectivity index is 1.53. The number of ether oxygens (including phenoxy) is 2. The molecule has 0 aliphatic heterocycles. The molecule has 2 heterocycles. The quantitative estimate of drug-likeness (QED) is 0.472. The number of hydrogen-bond acceptors (Lipinski definition) is 6. The highest BCUT2D eigenvalue weighted by Crippen LogP contribution is 2.30. The summed E-state index contributed by atoms with van der Waals surface area (Å²) in [5.41, 5.74) is 4.89. The van der Waals surface area contributed by atoms with Gasteiger partial charge in [-0.25, -0.2) is 4.98 Å². The summed E-state index contributed by atoms with van der Waals surface area (Å²) in [6, 6.07) is 11.6. The first-order valence-corrected chi connectivity index (χ1v) is 10.7. The summed E-state index contributed by atoms with van der Waals surface area (Å²) in [6.07, 6.45) is 0. The van der Waals surface area contributed by atoms with E-state index in [1.54, 1.807) is 11.8 Å². The summed E-state index contributed by atoms with van der Waals surface area (Å²) >= 11 is 1.48. The molecule has 0 fully saturated rings. The van der Waals surface area contributed by atoms with Crippen LogP contribution in [0.5, 0.6) is 11.5 Å². The summed E-state index contributed by atoms with van der Waals surface area (Å²) < 4.78 is 13.7. The van der Waals surface area contributed by atoms with Gasteiger partial charge in [0.05, 0.1) is 23.0 Å². The molecule has 31 heavy (non-hydrogen) atoms. The minimum Gasteiger partial charge on any atom is -0.497 e. The Morgan fingerprint density at radius 3 is 2.71 bits per heavy atom. The number of thiazole rings is 1. The molecule has 0 saturated heterocycles. The molecule has 0 atom stereocenters. The lowest BCUT2D eigenvalue weighted by Crippen LogP contribution is -2.22. The van der Waals surface area contributed by atoms with Gasteiger partial charge in [-0.1, -0.05) is 17.4 Å². The molecule has 4 rings (SSSR count). The highest BCUT2D eigenvalue weighted by Gasteiger charge is 2.16. The van der Waals surface area contributed by atoms with Gasteiger partial charge in [-0.2, -0.15) is 9.78 Å². The average Bonchev–Trinajstić information content (AvgIpc) is 3.31. The van der Waals surface area contributed by atoms with Crippen LogP contribution in [-0.2, 0) is 4.79 Å². The molecule has 0 aliphatic carbocycles. The van der Waals surface area contributed by atoms with Crippen molar-refractivity contribution in [3.63, 3.8) is 0 Å². The van der Waals surface area contributed by atoms with Crippen molar-refractivity contribution in [2.24, 2.45) is 0 Å². The van der Waals surface area contributed by atoms with Crippen molar-refractivity contribution < 1.29 is 14.3 Å². The second kappa shape index (κ2) is 8.39. The average molecular weight is 437 g/mol. The number of carbonyl (C=O) groups is 1. The van der Waals surface area contributed by atoms with Crippen LogP contribution in [0.25, 0.3) is 15.3 Å². The number of rotatable bonds is 6. The van der Waals surface area contributed by atoms with Gasteiger partial charge in [-0.15, -0.1) is 0 Å². The first-order valence-electron chi connectivity index (χ1n) is 9.86. The molecule has 1 N–H and O–H groups in total. The lowest BCUT2D eigenvalue weighted by Gasteiger charge is -2.12. The number of aryl methyl sites for hydroxylation is 3. The number of methoxy groups -OCH3 is 1. The normalized spacial score (nSPS) is 11.0. The van der Waals surface area contributed by atoms with Crippen LogP contribution in [0, 0.1) is 27.7 Å². The standard InChI is InChI=1S/C23H24N4O3S/c1-13-8-14(2)16(4)19(9-13)30-12-22(28)25-21-10-15(3)26-27(21)23-24-18-7-6-17(29-5)11-20(18)31-23/h6-11H,12H2,1-5H3,(H,25,28). The van der Waals surface area contributed by atoms with Gasteiger partial charge >= 0.3 is 0 Å². The molecular formula is C23H24N4O3S. The number of carbonyl (C=O) groups excluding carboxylic acids is 1. The molecule has 0 unspecified atom stereocenters. The van der Waals surface area contributed by atoms with Gasteiger partial charge in [-0.05, 0) is 68.7 Å². The van der Waals surface area contributed by atoms with E-state index in [0.29, 0.717) is 10.9 Å². The van der Waals surface area contributed by atoms with Crippen molar-refractivity contribution in [3.8, 4) is 16.6 Å². The molecule has 4 aromatic rings. The number of hydrogen-bond donors (Lipinski definition) is 1. The third-order valence-electron chi connectivity index (χ3n) is 4.99. The zero-order valence-electron chi connectivity index (χ0n) is 18.1. The third-order valence-corrected chi connectivity index (χ3v) is 5.98. The molecule has 2 aromatic carbocycles. The van der Waals surface area contributed by atoms with Crippen LogP contribution in [0.3, 0.4) is 0 Å². The fraction of sp³-hybridized carbons (Fsp3) is 0.261. The van der Waals surface area contributed by atoms with Crippen molar-refractivity contribution in [2.75, 3.05) is 19.0 Å². The number of nitrogens with one attached hydrogen (secondary N) is 1. The predicted octanol–water partition coefficient (Wildman–Crippen LogP) is 4.74. The summed E-state index contributed by atoms with van der Waals surface area (Å²) in [6.45, 7) is 7.81. The molecular weight excluding hydrogens is 412 g/mol. The zero-order valence-corrected chi connectivity index (χ0v) is 19.0. The van der Waals surface area contributed by atoms with Gasteiger partial charge in [-0.3, -0.25) is 4.79 Å². The van der Waals surface area contributed by atoms with E-state index in [-0.39, 0.29) is 12.5 Å². The van der Waals surface area contributed by atoms with Gasteiger partial charge in [0.2, 0.25) is 5.13 Å². The maximum Gasteiger partial charge on any atom is 0.263 e. The number of nitrogens with zero attached hydrogens (tertiary/aromatic N) is 3. The van der Waals surface area contributed by atoms with Crippen molar-refractivity contribution in [1.29, 1.82) is 0 Å². The molecule has 8 heteroatoms. The van der Waals surface area contributed by atoms with Gasteiger partial charge in [0.1, 0.15) is 17.3 Å². The van der Waals surface area contributed by atoms with Crippen LogP contribution in [0.4, 0.5) is 5.82 Å². The number of anilines is 1. The Hall–Kier alpha value is -3.39. The largest absolute Gasteiger partial charge is 0.497 e. The molecule has 160 valence electrons. The molecule has 7 nitrogen and oxygen atoms in total. The van der Waals surface area contributed by atoms with E-state index >= 15 is 0 Å². The fourth-order valence-corrected chi connectivity index (χ4v) is 4.28. The maximum absolute atomic E-state index is 12.6. The van der Waals surface area contributed by atoms with E-state index in [0.717, 1.165) is 44.1 Å². The zero-order chi connectivity index (χ0) is 22.1. The SMILES string of the molecule is COc1ccc2nc(-n3nc(C)cc3NC(=O)COc3cc(C)cc(C)c3C)sc2c1. The van der Waals surface area contributed by atoms with E-state index in [1.165, 1.54) is 11.3 Å². The van der Waals surface area contributed by atoms with Gasteiger partial charge < -0.3 is 14.8 Å². The Bertz CT molecular complexity index is 1280. The first kappa shape index (κ1) is 20.9. The van der Waals surface area contributed by atoms with Crippen molar-refractivity contribution >= 4 is 33.3 Å². The number of amides is 1. The Kier molecular flexibility index (Phi) is 5.65. The predicted molar refractivity (Wildman–Crippen MR) is 123 cm³/mol. The van der Waals surface area contributed by atoms with Crippen LogP contribution in [0.2, 0.25) is 0 Å². The van der Waals surface area contributed by atoms with E-state index in [9.17, 15) is 4.79 Å². The summed E-state index contributed by atoms with van der Waals surface area (Å²) in [5, 5.41) is 8.06. The molecule has 0 saturated carbocycles. The lowest BCUT2D eigenvalue weighted by atomic mass is 10.1. The third kappa shape index (κ3) is 4.39. The number of benzene rings is 2. The van der Waals surface area contributed by atoms with Crippen LogP contribution in [0.1, 0.15) is 22.4 Å². The molecule has 0 bridgehead atoms. The van der Waals surface area contributed by atoms with Crippen LogP contribution >= 0.6 is 11.3 Å². The molecule has 0 aliphatic rings. The maximum atomic E-state index is 12.6. The van der Waals surface area contributed by atoms with Crippen molar-refractivity contribution in [1.82, 2.24) is 14.8 Å². The van der Waals surface area contributed by atoms with Crippen LogP contribution in [0.15, 0.2) is 36.4 Å². The molecule has 0 radical (unpaired) electrons. The topological polar surface area (TPSA) is 78.3 Å². The van der Waals surface area contributed by atoms with Crippen molar-refractivity contribution in [2.45, 2.75) is 27.7 Å². The second-order valence-electron chi connectivity index (χ2n) is 7.45. The van der Waals surface area contributed by atoms with Gasteiger partial charge in [0.25, 0.3) is 5.91 Å². The Morgan fingerprint density at radius 2 is 1.94 bits per heavy atom. The highest BCUT2D eigenvalue weighted by molar-refractivity contribution is 7.20. The highest BCUT2D eigenvalue weighted by atomic mass is 32.1. The summed E-state index contributed by atoms with van der Waals surface area (Å²) in [5.74, 6) is 1.78. The van der Waals surface area contributed by atoms with E-state index in [1.807, 2.05) is 58.0 Å². The fourth-order valence-electron chi connectivity index (χ4n) is 3.32. The Labute approximate surface area is 184 Å². The van der Waals surface area contributed by atoms with Crippen LogP contribution in [-0.4, -0.2) is 34.4 Å². The van der Waals surface area contributed by atoms with Gasteiger partial charge in [0, 0.05) is 6.07 Å². The first-order chi connectivity index (χ1) is 14.8. The lowest BCUT2D eigenvalue weighted by molar-refractivity contribution is -0.118. The van der Waals surface area contributed by atoms with E-state index < -0.39 is 0 Å². The number of aromatic nitrogens is 3. The smallest absolute Gasteiger partial charge is 0.263 e. The number of fused-ring (bicyclic) bond motifs is 1. The molecule has 2 aromatic heterocycles. The molecule has 1 amide bonds. The minimum atomic E-state index is -0.262. The summed E-state index contributed by atoms with van der Waals surface area (Å²) in [7, 11) is 1.63. The van der Waals surface area contributed by atoms with E-state index in [2.05, 4.69) is 21.5 Å².